The van der Waals surface area contributed by atoms with Crippen LogP contribution in [0.4, 0.5) is 15.8 Å². The molecule has 0 radical (unpaired) electrons. The fraction of sp³-hybridized carbons (Fsp3) is 0.333. The lowest BCUT2D eigenvalue weighted by Gasteiger charge is -2.30. The Kier molecular flexibility index (Phi) is 5.85. The molecular weight excluding hydrogens is 451 g/mol. The van der Waals surface area contributed by atoms with Crippen molar-refractivity contribution >= 4 is 39.7 Å². The maximum absolute atomic E-state index is 14.5. The molecule has 35 heavy (non-hydrogen) atoms. The molecule has 4 aromatic rings. The Balaban J connectivity index is 1.52. The van der Waals surface area contributed by atoms with Crippen molar-refractivity contribution in [3.8, 4) is 0 Å². The van der Waals surface area contributed by atoms with E-state index in [0.717, 1.165) is 37.3 Å². The fourth-order valence-electron chi connectivity index (χ4n) is 4.31. The lowest BCUT2D eigenvalue weighted by atomic mass is 10.1. The average molecular weight is 479 g/mol. The summed E-state index contributed by atoms with van der Waals surface area (Å²) in [6.07, 6.45) is 5.12. The number of amides is 2. The van der Waals surface area contributed by atoms with Gasteiger partial charge in [-0.2, -0.15) is 5.10 Å². The number of rotatable bonds is 5. The number of likely N-dealkylation sites (N-methyl/N-ethyl adjacent to an activating group) is 1. The minimum atomic E-state index is -0.526. The number of aryl methyl sites for hydroxylation is 1. The molecular formula is C24H27FN8O2. The zero-order valence-corrected chi connectivity index (χ0v) is 19.9. The highest BCUT2D eigenvalue weighted by Crippen LogP contribution is 2.30. The molecule has 0 aliphatic carbocycles. The van der Waals surface area contributed by atoms with Crippen molar-refractivity contribution in [3.63, 3.8) is 0 Å². The van der Waals surface area contributed by atoms with Gasteiger partial charge >= 0.3 is 0 Å². The zero-order chi connectivity index (χ0) is 24.7. The van der Waals surface area contributed by atoms with Crippen LogP contribution in [-0.2, 0) is 11.3 Å². The topological polar surface area (TPSA) is 99.8 Å². The molecule has 11 heteroatoms. The first-order valence-corrected chi connectivity index (χ1v) is 11.4. The third-order valence-electron chi connectivity index (χ3n) is 6.08. The largest absolute Gasteiger partial charge is 0.368 e. The first-order chi connectivity index (χ1) is 16.8. The van der Waals surface area contributed by atoms with Crippen molar-refractivity contribution in [3.05, 3.63) is 53.9 Å². The van der Waals surface area contributed by atoms with Crippen molar-refractivity contribution in [2.45, 2.75) is 13.5 Å². The molecule has 1 aliphatic heterocycles. The predicted octanol–water partition coefficient (Wildman–Crippen LogP) is 1.88. The van der Waals surface area contributed by atoms with Crippen LogP contribution in [0, 0.1) is 12.7 Å². The van der Waals surface area contributed by atoms with Crippen molar-refractivity contribution in [1.29, 1.82) is 0 Å². The van der Waals surface area contributed by atoms with Gasteiger partial charge in [0.2, 0.25) is 5.91 Å². The molecule has 1 aromatic carbocycles. The Bertz CT molecular complexity index is 1430. The molecule has 5 rings (SSSR count). The second-order valence-corrected chi connectivity index (χ2v) is 8.89. The molecule has 1 saturated heterocycles. The van der Waals surface area contributed by atoms with E-state index in [1.807, 2.05) is 12.3 Å². The van der Waals surface area contributed by atoms with Gasteiger partial charge in [-0.15, -0.1) is 0 Å². The number of carbonyl (C=O) groups is 2. The van der Waals surface area contributed by atoms with E-state index in [2.05, 4.69) is 25.6 Å². The Morgan fingerprint density at radius 3 is 2.69 bits per heavy atom. The number of fused-ring (bicyclic) bond motifs is 2. The van der Waals surface area contributed by atoms with E-state index >= 15 is 0 Å². The molecule has 0 bridgehead atoms. The highest BCUT2D eigenvalue weighted by atomic mass is 19.1. The average Bonchev–Trinajstić information content (AvgIpc) is 3.41. The fourth-order valence-corrected chi connectivity index (χ4v) is 4.31. The Morgan fingerprint density at radius 1 is 1.17 bits per heavy atom. The van der Waals surface area contributed by atoms with Gasteiger partial charge in [0, 0.05) is 76.0 Å². The minimum Gasteiger partial charge on any atom is -0.368 e. The van der Waals surface area contributed by atoms with E-state index in [4.69, 9.17) is 0 Å². The number of pyridine rings is 1. The summed E-state index contributed by atoms with van der Waals surface area (Å²) in [5.74, 6) is -1.05. The number of piperazine rings is 1. The van der Waals surface area contributed by atoms with Crippen molar-refractivity contribution in [1.82, 2.24) is 29.4 Å². The van der Waals surface area contributed by atoms with E-state index in [1.54, 1.807) is 48.6 Å². The second-order valence-electron chi connectivity index (χ2n) is 8.89. The smallest absolute Gasteiger partial charge is 0.257 e. The Labute approximate surface area is 201 Å². The highest BCUT2D eigenvalue weighted by molar-refractivity contribution is 6.14. The summed E-state index contributed by atoms with van der Waals surface area (Å²) in [5, 5.41) is 11.5. The van der Waals surface area contributed by atoms with Crippen LogP contribution in [0.25, 0.3) is 16.6 Å². The quantitative estimate of drug-likeness (QED) is 0.455. The van der Waals surface area contributed by atoms with Gasteiger partial charge in [0.15, 0.2) is 11.5 Å². The number of carbonyl (C=O) groups excluding carboxylic acids is 2. The molecule has 1 aliphatic rings. The summed E-state index contributed by atoms with van der Waals surface area (Å²) in [6.45, 7) is 5.21. The molecule has 2 N–H and O–H groups in total. The molecule has 0 saturated carbocycles. The van der Waals surface area contributed by atoms with Gasteiger partial charge in [-0.05, 0) is 19.1 Å². The van der Waals surface area contributed by atoms with Crippen LogP contribution in [0.2, 0.25) is 0 Å². The minimum absolute atomic E-state index is 0.0611. The van der Waals surface area contributed by atoms with Crippen molar-refractivity contribution in [2.24, 2.45) is 0 Å². The highest BCUT2D eigenvalue weighted by Gasteiger charge is 2.21. The lowest BCUT2D eigenvalue weighted by Crippen LogP contribution is -2.43. The van der Waals surface area contributed by atoms with Gasteiger partial charge in [0.1, 0.15) is 12.1 Å². The maximum Gasteiger partial charge on any atom is 0.257 e. The molecule has 0 atom stereocenters. The summed E-state index contributed by atoms with van der Waals surface area (Å²) >= 11 is 0. The summed E-state index contributed by atoms with van der Waals surface area (Å²) < 4.78 is 17.6. The normalized spacial score (nSPS) is 14.0. The first-order valence-electron chi connectivity index (χ1n) is 11.4. The summed E-state index contributed by atoms with van der Waals surface area (Å²) in [6, 6.07) is 4.89. The van der Waals surface area contributed by atoms with Crippen LogP contribution in [0.1, 0.15) is 16.1 Å². The van der Waals surface area contributed by atoms with E-state index in [0.29, 0.717) is 22.5 Å². The molecule has 2 amide bonds. The van der Waals surface area contributed by atoms with E-state index < -0.39 is 11.7 Å². The van der Waals surface area contributed by atoms with Gasteiger partial charge in [-0.3, -0.25) is 14.3 Å². The van der Waals surface area contributed by atoms with Crippen LogP contribution in [-0.4, -0.2) is 76.2 Å². The van der Waals surface area contributed by atoms with Gasteiger partial charge in [-0.1, -0.05) is 0 Å². The third kappa shape index (κ3) is 4.42. The summed E-state index contributed by atoms with van der Waals surface area (Å²) in [5.41, 5.74) is 2.98. The zero-order valence-electron chi connectivity index (χ0n) is 19.9. The summed E-state index contributed by atoms with van der Waals surface area (Å²) in [7, 11) is 3.38. The van der Waals surface area contributed by atoms with Crippen LogP contribution in [0.5, 0.6) is 0 Å². The van der Waals surface area contributed by atoms with E-state index in [9.17, 15) is 14.0 Å². The third-order valence-corrected chi connectivity index (χ3v) is 6.08. The predicted molar refractivity (Wildman–Crippen MR) is 131 cm³/mol. The van der Waals surface area contributed by atoms with E-state index in [1.165, 1.54) is 11.0 Å². The number of anilines is 2. The number of hydrogen-bond donors (Lipinski definition) is 2. The number of halogens is 1. The maximum atomic E-state index is 14.5. The molecule has 4 heterocycles. The van der Waals surface area contributed by atoms with Gasteiger partial charge in [0.05, 0.1) is 16.9 Å². The van der Waals surface area contributed by atoms with Crippen molar-refractivity contribution < 1.29 is 14.0 Å². The Hall–Kier alpha value is -3.99. The number of imidazole rings is 1. The Morgan fingerprint density at radius 2 is 1.94 bits per heavy atom. The van der Waals surface area contributed by atoms with Gasteiger partial charge < -0.3 is 24.8 Å². The molecule has 182 valence electrons. The molecule has 1 fully saturated rings. The molecule has 3 aromatic heterocycles. The summed E-state index contributed by atoms with van der Waals surface area (Å²) in [4.78, 5) is 33.5. The standard InChI is InChI=1S/C24H27FN8O2/c1-15-11-32-12-16(10-19(25)23(32)27-15)28-24(35)17-4-5-20(31-8-6-26-7-9-31)18-13-33(29-22(17)18)14-21(34)30(2)3/h4-5,10-13,26H,6-9,14H2,1-3H3,(H,28,35). The molecule has 0 spiro atoms. The van der Waals surface area contributed by atoms with Gasteiger partial charge in [-0.25, -0.2) is 9.37 Å². The van der Waals surface area contributed by atoms with Crippen LogP contribution in [0.15, 0.2) is 36.8 Å². The molecule has 10 nitrogen and oxygen atoms in total. The monoisotopic (exact) mass is 478 g/mol. The van der Waals surface area contributed by atoms with Gasteiger partial charge in [0.25, 0.3) is 5.91 Å². The van der Waals surface area contributed by atoms with Crippen LogP contribution >= 0.6 is 0 Å². The van der Waals surface area contributed by atoms with E-state index in [-0.39, 0.29) is 18.1 Å². The number of hydrogen-bond acceptors (Lipinski definition) is 6. The number of aromatic nitrogens is 4. The second kappa shape index (κ2) is 8.99. The van der Waals surface area contributed by atoms with Crippen molar-refractivity contribution in [2.75, 3.05) is 50.5 Å². The number of benzene rings is 1. The first kappa shape index (κ1) is 22.8. The number of nitrogens with one attached hydrogen (secondary N) is 2. The molecule has 0 unspecified atom stereocenters. The SMILES string of the molecule is Cc1cn2cc(NC(=O)c3ccc(N4CCNCC4)c4cn(CC(=O)N(C)C)nc34)cc(F)c2n1. The lowest BCUT2D eigenvalue weighted by molar-refractivity contribution is -0.129. The van der Waals surface area contributed by atoms with Crippen LogP contribution in [0.3, 0.4) is 0 Å². The van der Waals surface area contributed by atoms with Crippen LogP contribution < -0.4 is 15.5 Å². The number of nitrogens with zero attached hydrogens (tertiary/aromatic N) is 6.